The molecule has 2 unspecified atom stereocenters. The van der Waals surface area contributed by atoms with Crippen LogP contribution in [0.3, 0.4) is 0 Å². The van der Waals surface area contributed by atoms with E-state index in [-0.39, 0.29) is 202 Å². The van der Waals surface area contributed by atoms with Gasteiger partial charge in [-0.2, -0.15) is 0 Å². The van der Waals surface area contributed by atoms with Gasteiger partial charge in [0.25, 0.3) is 6.47 Å². The number of hydrogen-bond acceptors (Lipinski definition) is 19. The first-order valence-electron chi connectivity index (χ1n) is 24.8. The predicted octanol–water partition coefficient (Wildman–Crippen LogP) is 3.99. The zero-order chi connectivity index (χ0) is 56.7. The maximum absolute atomic E-state index is 8.64. The van der Waals surface area contributed by atoms with Crippen LogP contribution in [0.4, 0.5) is 0 Å². The van der Waals surface area contributed by atoms with E-state index in [9.17, 15) is 0 Å². The number of benzene rings is 3. The van der Waals surface area contributed by atoms with Crippen molar-refractivity contribution in [2.24, 2.45) is 23.7 Å². The molecule has 6 aromatic rings. The summed E-state index contributed by atoms with van der Waals surface area (Å²) in [5, 5.41) is 53.6. The van der Waals surface area contributed by atoms with Crippen LogP contribution in [0.2, 0.25) is 0 Å². The van der Waals surface area contributed by atoms with Crippen molar-refractivity contribution < 1.29 is 102 Å². The summed E-state index contributed by atoms with van der Waals surface area (Å²) >= 11 is 2.50. The molecule has 4 bridgehead atoms. The Morgan fingerprint density at radius 2 is 0.975 bits per heavy atom. The van der Waals surface area contributed by atoms with Gasteiger partial charge in [0.2, 0.25) is 11.8 Å². The van der Waals surface area contributed by atoms with Gasteiger partial charge in [-0.25, -0.2) is 0 Å². The van der Waals surface area contributed by atoms with Gasteiger partial charge in [-0.1, -0.05) is 38.8 Å². The van der Waals surface area contributed by atoms with Crippen molar-refractivity contribution in [1.82, 2.24) is 30.0 Å². The van der Waals surface area contributed by atoms with Crippen molar-refractivity contribution in [2.75, 3.05) is 40.4 Å². The van der Waals surface area contributed by atoms with E-state index in [0.717, 1.165) is 94.2 Å². The average Bonchev–Trinajstić information content (AvgIpc) is 3.57. The zero-order valence-electron chi connectivity index (χ0n) is 47.7. The summed E-state index contributed by atoms with van der Waals surface area (Å²) in [5.41, 5.74) is 4.01. The van der Waals surface area contributed by atoms with E-state index >= 15 is 0 Å². The molecule has 3 aromatic carbocycles. The minimum absolute atomic E-state index is 0. The fourth-order valence-electron chi connectivity index (χ4n) is 11.1. The summed E-state index contributed by atoms with van der Waals surface area (Å²) in [6.45, 7) is 31.3. The molecule has 6 saturated heterocycles. The molecule has 10 atom stereocenters. The first-order chi connectivity index (χ1) is 37.4. The molecule has 12 rings (SSSR count). The van der Waals surface area contributed by atoms with Gasteiger partial charge in [-0.3, -0.25) is 24.6 Å². The molecule has 25 heteroatoms. The number of rotatable bonds is 13. The van der Waals surface area contributed by atoms with Crippen LogP contribution in [0.15, 0.2) is 85.2 Å². The Morgan fingerprint density at radius 3 is 1.26 bits per heavy atom. The number of nitrogens with one attached hydrogen (secondary N) is 6. The fraction of sp³-hybridized carbons (Fsp3) is 0.400. The number of aromatic nitrogens is 4. The number of nitrogens with zero attached hydrogens (tertiary/aromatic N) is 6. The second kappa shape index (κ2) is 49.0. The molecule has 0 aliphatic carbocycles. The average molecular weight is 1260 g/mol. The Labute approximate surface area is 656 Å². The number of hydrogen-bond donors (Lipinski definition) is 6. The van der Waals surface area contributed by atoms with Crippen LogP contribution >= 0.6 is 0 Å². The van der Waals surface area contributed by atoms with Crippen LogP contribution in [-0.4, -0.2) is 295 Å². The van der Waals surface area contributed by atoms with Crippen LogP contribution in [0, 0.1) is 56.1 Å². The normalized spacial score (nSPS) is 20.6. The van der Waals surface area contributed by atoms with Gasteiger partial charge >= 0.3 is 132 Å². The monoisotopic (exact) mass is 1260 g/mol. The van der Waals surface area contributed by atoms with Gasteiger partial charge < -0.3 is 102 Å². The second-order valence-corrected chi connectivity index (χ2v) is 17.2. The third kappa shape index (κ3) is 22.6. The van der Waals surface area contributed by atoms with E-state index < -0.39 is 0 Å². The van der Waals surface area contributed by atoms with E-state index in [1.54, 1.807) is 14.2 Å². The molecule has 402 valence electrons. The maximum atomic E-state index is 8.64. The first-order valence-corrected chi connectivity index (χ1v) is 40.8. The van der Waals surface area contributed by atoms with Crippen molar-refractivity contribution in [3.8, 4) is 23.3 Å². The number of pyridine rings is 2. The molecule has 2 radical (unpaired) electrons. The minimum atomic E-state index is -0.300. The topological polar surface area (TPSA) is 287 Å². The molecule has 3 aromatic heterocycles. The molecule has 9 heterocycles. The molecule has 6 N–H and O–H groups in total. The van der Waals surface area contributed by atoms with Gasteiger partial charge in [0, 0.05) is 150 Å². The van der Waals surface area contributed by atoms with E-state index in [1.807, 2.05) is 36.7 Å². The van der Waals surface area contributed by atoms with Crippen LogP contribution in [0.1, 0.15) is 75.7 Å². The molecule has 0 spiro atoms. The first kappa shape index (κ1) is 85.3. The predicted molar refractivity (Wildman–Crippen MR) is 309 cm³/mol. The summed E-state index contributed by atoms with van der Waals surface area (Å²) in [4.78, 5) is 26.1. The van der Waals surface area contributed by atoms with Crippen molar-refractivity contribution in [1.29, 1.82) is 32.5 Å². The van der Waals surface area contributed by atoms with Crippen LogP contribution in [0.5, 0.6) is 23.3 Å². The molecule has 6 aliphatic heterocycles. The number of carbonyl (C=O) groups is 1. The van der Waals surface area contributed by atoms with Crippen molar-refractivity contribution in [3.63, 3.8) is 0 Å². The standard InChI is InChI=1S/C48H54N6O4.6CH2N.CH2O3.Fe.5K/c1-5-29-27-53-21-17-31(29)23-43(53)45(35-15-19-49-41-13-11-33(55-3)25-39(35)41)57-47-37-9-7-8-10-38(37)48(52-51-47)58-46(44-24-32-18-22-54(44)28-30(32)6-2)36-16-20-50-42-14-12-34(56-4)26-40(36)42;6*1-2;2-1-4-3;;;;;;/h7-16,19-20,25-26,29-32,43-46H,5-6,17-18,21-24,27-28H2,1-4H3;6*1-2H;1,3H;;;;;;/q;6*-1;;+6;;;;;+1/p-1/t29-,30+,31-,32+,43-,44-,45-,46-;;;;;;;;;;;;;/m1............./s1. The molecule has 6 fully saturated rings. The number of piperidine rings is 6. The Hall–Kier alpha value is 1.09. The van der Waals surface area contributed by atoms with Crippen molar-refractivity contribution >= 4 is 245 Å². The molecule has 6 aliphatic rings. The Balaban J connectivity index is -0.00000244. The van der Waals surface area contributed by atoms with E-state index in [1.165, 1.54) is 88.8 Å². The zero-order valence-corrected chi connectivity index (χ0v) is 64.4. The van der Waals surface area contributed by atoms with Crippen LogP contribution in [-0.2, 0) is 26.8 Å². The Kier molecular flexibility index (Phi) is 52.3. The van der Waals surface area contributed by atoms with E-state index in [0.29, 0.717) is 35.4 Å². The van der Waals surface area contributed by atoms with Gasteiger partial charge in [0.15, 0.2) is 0 Å². The fourth-order valence-corrected chi connectivity index (χ4v) is 11.1. The second-order valence-electron chi connectivity index (χ2n) is 17.2. The molecule has 19 nitrogen and oxygen atoms in total. The molecular formula is C55H67FeK5N12O7. The molecular weight excluding hydrogens is 1190 g/mol. The van der Waals surface area contributed by atoms with E-state index in [4.69, 9.17) is 81.6 Å². The Bertz CT molecular complexity index is 2500. The summed E-state index contributed by atoms with van der Waals surface area (Å²) in [7, 11) is 3.42. The quantitative estimate of drug-likeness (QED) is 0.0239. The number of methoxy groups -OCH3 is 2. The summed E-state index contributed by atoms with van der Waals surface area (Å²) in [6, 6.07) is 25.1. The Morgan fingerprint density at radius 1 is 0.625 bits per heavy atom. The van der Waals surface area contributed by atoms with Crippen LogP contribution < -0.4 is 75.6 Å². The van der Waals surface area contributed by atoms with Crippen molar-refractivity contribution in [3.05, 3.63) is 96.3 Å². The summed E-state index contributed by atoms with van der Waals surface area (Å²) in [5.74, 6) is 5.39. The van der Waals surface area contributed by atoms with Crippen molar-refractivity contribution in [2.45, 2.75) is 76.7 Å². The van der Waals surface area contributed by atoms with Gasteiger partial charge in [-0.05, 0) is 123 Å². The third-order valence-corrected chi connectivity index (χ3v) is 14.3. The summed E-state index contributed by atoms with van der Waals surface area (Å²) in [6.07, 6.45) is 10.2. The third-order valence-electron chi connectivity index (χ3n) is 14.3. The number of carbonyl (C=O) groups excluding carboxylic acids is 1. The van der Waals surface area contributed by atoms with E-state index in [2.05, 4.69) is 117 Å². The van der Waals surface area contributed by atoms with Gasteiger partial charge in [-0.15, -0.1) is 10.2 Å². The molecule has 0 saturated carbocycles. The molecule has 0 amide bonds. The van der Waals surface area contributed by atoms with Crippen LogP contribution in [0.25, 0.3) is 32.6 Å². The summed E-state index contributed by atoms with van der Waals surface area (Å²) < 4.78 is 26.0. The number of ether oxygens (including phenoxy) is 4. The van der Waals surface area contributed by atoms with Gasteiger partial charge in [0.05, 0.1) is 48.1 Å². The van der Waals surface area contributed by atoms with Gasteiger partial charge in [0.1, 0.15) is 23.7 Å². The number of fused-ring (bicyclic) bond motifs is 9. The SMILES string of the molecule is CC[C@@H]1CN2CC[C@@H]1C[C@@H]2[C@H](Oc1nnc(O[C@H](c2ccnc3ccc(OC)cc23)[C@H]2C[C@@H]3CCN2C[C@@H]3CC)c2ccccc12)c1ccnc2ccc(OC)cc12.O=CO[O-].[CH-]=N.[CH-]=N.[CH-]=N.[CH-]=N.[CH-]=N.[CH-]=N.[Fe+6].[K+].[K].[K].[K][K]. The molecule has 80 heavy (non-hydrogen) atoms.